The lowest BCUT2D eigenvalue weighted by atomic mass is 9.96. The van der Waals surface area contributed by atoms with Gasteiger partial charge in [-0.25, -0.2) is 0 Å². The van der Waals surface area contributed by atoms with Gasteiger partial charge in [0, 0.05) is 31.6 Å². The van der Waals surface area contributed by atoms with E-state index in [1.54, 1.807) is 12.3 Å². The summed E-state index contributed by atoms with van der Waals surface area (Å²) in [5.41, 5.74) is 0. The molecule has 1 heterocycles. The Morgan fingerprint density at radius 2 is 2.11 bits per heavy atom. The third-order valence-corrected chi connectivity index (χ3v) is 3.09. The monoisotopic (exact) mass is 246 g/mol. The summed E-state index contributed by atoms with van der Waals surface area (Å²) in [6.45, 7) is 12.6. The SMILES string of the molecule is C=CC=NCCC#CC1CCN(CC(C)C)CC1. The molecule has 100 valence electrons. The van der Waals surface area contributed by atoms with Gasteiger partial charge in [0.2, 0.25) is 0 Å². The normalized spacial score (nSPS) is 17.9. The number of allylic oxidation sites excluding steroid dienone is 1. The van der Waals surface area contributed by atoms with Crippen LogP contribution in [-0.4, -0.2) is 37.3 Å². The average molecular weight is 246 g/mol. The van der Waals surface area contributed by atoms with Gasteiger partial charge in [-0.05, 0) is 31.8 Å². The van der Waals surface area contributed by atoms with Gasteiger partial charge in [-0.15, -0.1) is 5.92 Å². The van der Waals surface area contributed by atoms with Crippen molar-refractivity contribution in [3.8, 4) is 11.8 Å². The molecule has 1 rings (SSSR count). The molecule has 0 aromatic rings. The maximum Gasteiger partial charge on any atom is 0.0498 e. The first-order chi connectivity index (χ1) is 8.72. The predicted octanol–water partition coefficient (Wildman–Crippen LogP) is 3.00. The molecule has 0 aromatic carbocycles. The van der Waals surface area contributed by atoms with E-state index >= 15 is 0 Å². The molecule has 18 heavy (non-hydrogen) atoms. The molecule has 0 aromatic heterocycles. The second-order valence-electron chi connectivity index (χ2n) is 5.33. The van der Waals surface area contributed by atoms with Crippen molar-refractivity contribution in [2.45, 2.75) is 33.1 Å². The van der Waals surface area contributed by atoms with Crippen LogP contribution >= 0.6 is 0 Å². The number of hydrogen-bond donors (Lipinski definition) is 0. The van der Waals surface area contributed by atoms with Crippen molar-refractivity contribution in [3.05, 3.63) is 12.7 Å². The van der Waals surface area contributed by atoms with Gasteiger partial charge < -0.3 is 4.90 Å². The van der Waals surface area contributed by atoms with E-state index in [9.17, 15) is 0 Å². The zero-order valence-electron chi connectivity index (χ0n) is 11.9. The molecule has 2 heteroatoms. The maximum atomic E-state index is 4.16. The minimum atomic E-state index is 0.608. The molecule has 1 saturated heterocycles. The van der Waals surface area contributed by atoms with E-state index in [2.05, 4.69) is 42.2 Å². The van der Waals surface area contributed by atoms with E-state index < -0.39 is 0 Å². The Bertz CT molecular complexity index is 312. The Morgan fingerprint density at radius 3 is 2.72 bits per heavy atom. The number of aliphatic imine (C=N–C) groups is 1. The fourth-order valence-corrected chi connectivity index (χ4v) is 2.26. The number of piperidine rings is 1. The molecular weight excluding hydrogens is 220 g/mol. The van der Waals surface area contributed by atoms with E-state index in [1.165, 1.54) is 32.5 Å². The third-order valence-electron chi connectivity index (χ3n) is 3.09. The van der Waals surface area contributed by atoms with Crippen LogP contribution in [0.1, 0.15) is 33.1 Å². The van der Waals surface area contributed by atoms with Crippen molar-refractivity contribution in [2.24, 2.45) is 16.8 Å². The van der Waals surface area contributed by atoms with Crippen LogP contribution in [0, 0.1) is 23.7 Å². The maximum absolute atomic E-state index is 4.16. The molecule has 1 fully saturated rings. The molecule has 0 saturated carbocycles. The highest BCUT2D eigenvalue weighted by molar-refractivity contribution is 5.69. The predicted molar refractivity (Wildman–Crippen MR) is 80.0 cm³/mol. The van der Waals surface area contributed by atoms with Crippen LogP contribution in [0.2, 0.25) is 0 Å². The molecule has 2 nitrogen and oxygen atoms in total. The molecule has 1 aliphatic heterocycles. The van der Waals surface area contributed by atoms with E-state index in [0.717, 1.165) is 18.9 Å². The van der Waals surface area contributed by atoms with Gasteiger partial charge >= 0.3 is 0 Å². The van der Waals surface area contributed by atoms with E-state index in [0.29, 0.717) is 5.92 Å². The third kappa shape index (κ3) is 6.61. The van der Waals surface area contributed by atoms with Crippen molar-refractivity contribution in [1.29, 1.82) is 0 Å². The minimum absolute atomic E-state index is 0.608. The summed E-state index contributed by atoms with van der Waals surface area (Å²) < 4.78 is 0. The van der Waals surface area contributed by atoms with Crippen LogP contribution in [0.3, 0.4) is 0 Å². The summed E-state index contributed by atoms with van der Waals surface area (Å²) in [6, 6.07) is 0. The van der Waals surface area contributed by atoms with Gasteiger partial charge in [-0.1, -0.05) is 32.4 Å². The molecule has 0 radical (unpaired) electrons. The summed E-state index contributed by atoms with van der Waals surface area (Å²) in [4.78, 5) is 6.73. The second kappa shape index (κ2) is 8.94. The first-order valence-corrected chi connectivity index (χ1v) is 7.04. The molecule has 1 aliphatic rings. The van der Waals surface area contributed by atoms with Crippen LogP contribution < -0.4 is 0 Å². The lowest BCUT2D eigenvalue weighted by Gasteiger charge is -2.30. The lowest BCUT2D eigenvalue weighted by molar-refractivity contribution is 0.187. The topological polar surface area (TPSA) is 15.6 Å². The van der Waals surface area contributed by atoms with Gasteiger partial charge in [0.05, 0.1) is 0 Å². The Morgan fingerprint density at radius 1 is 1.39 bits per heavy atom. The summed E-state index contributed by atoms with van der Waals surface area (Å²) in [5, 5.41) is 0. The first kappa shape index (κ1) is 15.0. The fourth-order valence-electron chi connectivity index (χ4n) is 2.26. The van der Waals surface area contributed by atoms with Crippen LogP contribution in [0.4, 0.5) is 0 Å². The van der Waals surface area contributed by atoms with Gasteiger partial charge in [-0.3, -0.25) is 4.99 Å². The molecule has 0 spiro atoms. The highest BCUT2D eigenvalue weighted by Crippen LogP contribution is 2.17. The number of likely N-dealkylation sites (tertiary alicyclic amines) is 1. The Hall–Kier alpha value is -1.07. The molecule has 0 atom stereocenters. The van der Waals surface area contributed by atoms with E-state index in [4.69, 9.17) is 0 Å². The van der Waals surface area contributed by atoms with Crippen molar-refractivity contribution in [1.82, 2.24) is 4.90 Å². The quantitative estimate of drug-likeness (QED) is 0.414. The van der Waals surface area contributed by atoms with Crippen molar-refractivity contribution in [2.75, 3.05) is 26.2 Å². The summed E-state index contributed by atoms with van der Waals surface area (Å²) in [6.07, 6.45) is 6.78. The molecular formula is C16H26N2. The standard InChI is InChI=1S/C16H26N2/c1-4-10-17-11-6-5-7-16-8-12-18(13-9-16)14-15(2)3/h4,10,15-16H,1,6,8-9,11-14H2,2-3H3. The fraction of sp³-hybridized carbons (Fsp3) is 0.688. The molecule has 0 bridgehead atoms. The number of nitrogens with zero attached hydrogens (tertiary/aromatic N) is 2. The van der Waals surface area contributed by atoms with Gasteiger partial charge in [0.15, 0.2) is 0 Å². The highest BCUT2D eigenvalue weighted by atomic mass is 15.1. The van der Waals surface area contributed by atoms with Crippen LogP contribution in [0.5, 0.6) is 0 Å². The Kier molecular flexibility index (Phi) is 7.44. The minimum Gasteiger partial charge on any atom is -0.303 e. The van der Waals surface area contributed by atoms with Gasteiger partial charge in [0.25, 0.3) is 0 Å². The zero-order chi connectivity index (χ0) is 13.2. The van der Waals surface area contributed by atoms with Gasteiger partial charge in [0.1, 0.15) is 0 Å². The lowest BCUT2D eigenvalue weighted by Crippen LogP contribution is -2.35. The van der Waals surface area contributed by atoms with Crippen LogP contribution in [0.15, 0.2) is 17.6 Å². The van der Waals surface area contributed by atoms with Gasteiger partial charge in [-0.2, -0.15) is 0 Å². The molecule has 0 amide bonds. The molecule has 0 N–H and O–H groups in total. The van der Waals surface area contributed by atoms with Crippen molar-refractivity contribution in [3.63, 3.8) is 0 Å². The molecule has 0 aliphatic carbocycles. The zero-order valence-corrected chi connectivity index (χ0v) is 11.9. The first-order valence-electron chi connectivity index (χ1n) is 7.04. The summed E-state index contributed by atoms with van der Waals surface area (Å²) in [5.74, 6) is 8.03. The van der Waals surface area contributed by atoms with Crippen molar-refractivity contribution >= 4 is 6.21 Å². The van der Waals surface area contributed by atoms with Crippen molar-refractivity contribution < 1.29 is 0 Å². The Balaban J connectivity index is 2.17. The summed E-state index contributed by atoms with van der Waals surface area (Å²) in [7, 11) is 0. The summed E-state index contributed by atoms with van der Waals surface area (Å²) >= 11 is 0. The van der Waals surface area contributed by atoms with E-state index in [1.807, 2.05) is 0 Å². The van der Waals surface area contributed by atoms with Crippen LogP contribution in [-0.2, 0) is 0 Å². The van der Waals surface area contributed by atoms with Crippen LogP contribution in [0.25, 0.3) is 0 Å². The Labute approximate surface area is 112 Å². The van der Waals surface area contributed by atoms with E-state index in [-0.39, 0.29) is 0 Å². The largest absolute Gasteiger partial charge is 0.303 e. The highest BCUT2D eigenvalue weighted by Gasteiger charge is 2.17. The molecule has 0 unspecified atom stereocenters. The second-order valence-corrected chi connectivity index (χ2v) is 5.33. The smallest absolute Gasteiger partial charge is 0.0498 e. The number of hydrogen-bond acceptors (Lipinski definition) is 2. The average Bonchev–Trinajstić information content (AvgIpc) is 2.35. The number of rotatable bonds is 5.